The fourth-order valence-electron chi connectivity index (χ4n) is 1.88. The van der Waals surface area contributed by atoms with Crippen LogP contribution in [0.1, 0.15) is 26.7 Å². The van der Waals surface area contributed by atoms with Crippen LogP contribution in [0.3, 0.4) is 0 Å². The summed E-state index contributed by atoms with van der Waals surface area (Å²) < 4.78 is 21.2. The van der Waals surface area contributed by atoms with E-state index in [1.165, 1.54) is 7.11 Å². The average Bonchev–Trinajstić information content (AvgIpc) is 3.04. The van der Waals surface area contributed by atoms with Crippen molar-refractivity contribution in [2.45, 2.75) is 39.0 Å². The molecule has 0 radical (unpaired) electrons. The van der Waals surface area contributed by atoms with Gasteiger partial charge in [-0.25, -0.2) is 0 Å². The average molecular weight is 388 g/mol. The highest BCUT2D eigenvalue weighted by Gasteiger charge is 2.14. The standard InChI is InChI=1S/C17H25N3O5.ClH/c1-17(2,3)18-9-12(21)10-23-13-7-5-6-8-14(13)24-11-15-19-16(22-4)20-25-15;/h5-8,12,18,21H,9-11H2,1-4H3;1H/t12-;/m0./s1. The summed E-state index contributed by atoms with van der Waals surface area (Å²) >= 11 is 0. The Morgan fingerprint density at radius 3 is 2.42 bits per heavy atom. The lowest BCUT2D eigenvalue weighted by Gasteiger charge is -2.23. The molecule has 1 aromatic heterocycles. The first-order valence-corrected chi connectivity index (χ1v) is 8.01. The number of aliphatic hydroxyl groups excluding tert-OH is 1. The van der Waals surface area contributed by atoms with Crippen LogP contribution in [0.2, 0.25) is 0 Å². The maximum atomic E-state index is 10.0. The molecule has 0 amide bonds. The molecule has 9 heteroatoms. The second-order valence-corrected chi connectivity index (χ2v) is 6.51. The smallest absolute Gasteiger partial charge is 0.354 e. The molecule has 0 unspecified atom stereocenters. The third-order valence-electron chi connectivity index (χ3n) is 3.13. The number of halogens is 1. The Balaban J connectivity index is 0.00000338. The zero-order chi connectivity index (χ0) is 18.3. The summed E-state index contributed by atoms with van der Waals surface area (Å²) in [6, 6.07) is 7.35. The summed E-state index contributed by atoms with van der Waals surface area (Å²) in [4.78, 5) is 3.98. The Bertz CT molecular complexity index is 660. The van der Waals surface area contributed by atoms with Crippen LogP contribution in [0.25, 0.3) is 0 Å². The van der Waals surface area contributed by atoms with Crippen molar-refractivity contribution in [2.75, 3.05) is 20.3 Å². The van der Waals surface area contributed by atoms with Gasteiger partial charge in [-0.1, -0.05) is 12.1 Å². The zero-order valence-corrected chi connectivity index (χ0v) is 16.2. The number of benzene rings is 1. The predicted octanol–water partition coefficient (Wildman–Crippen LogP) is 2.21. The van der Waals surface area contributed by atoms with Crippen LogP contribution in [-0.4, -0.2) is 47.2 Å². The van der Waals surface area contributed by atoms with Crippen molar-refractivity contribution in [1.82, 2.24) is 15.5 Å². The van der Waals surface area contributed by atoms with Gasteiger partial charge in [-0.3, -0.25) is 0 Å². The van der Waals surface area contributed by atoms with Gasteiger partial charge in [0.2, 0.25) is 0 Å². The van der Waals surface area contributed by atoms with Gasteiger partial charge in [0.05, 0.1) is 7.11 Å². The Kier molecular flexibility index (Phi) is 8.64. The largest absolute Gasteiger partial charge is 0.487 e. The summed E-state index contributed by atoms with van der Waals surface area (Å²) in [5.74, 6) is 1.35. The molecule has 1 aromatic carbocycles. The highest BCUT2D eigenvalue weighted by atomic mass is 35.5. The lowest BCUT2D eigenvalue weighted by molar-refractivity contribution is 0.0973. The molecular weight excluding hydrogens is 362 g/mol. The number of hydrogen-bond donors (Lipinski definition) is 2. The minimum atomic E-state index is -0.632. The first-order valence-electron chi connectivity index (χ1n) is 8.01. The summed E-state index contributed by atoms with van der Waals surface area (Å²) in [5, 5.41) is 16.9. The second-order valence-electron chi connectivity index (χ2n) is 6.51. The molecule has 26 heavy (non-hydrogen) atoms. The van der Waals surface area contributed by atoms with E-state index in [1.54, 1.807) is 12.1 Å². The number of β-amino-alcohol motifs (C(OH)–C–C–N with tert-alkyl or cyclic N) is 1. The topological polar surface area (TPSA) is 98.9 Å². The number of rotatable bonds is 9. The van der Waals surface area contributed by atoms with Crippen molar-refractivity contribution < 1.29 is 23.8 Å². The Morgan fingerprint density at radius 1 is 1.19 bits per heavy atom. The third-order valence-corrected chi connectivity index (χ3v) is 3.13. The number of hydrogen-bond acceptors (Lipinski definition) is 8. The van der Waals surface area contributed by atoms with Crippen LogP contribution in [0, 0.1) is 0 Å². The van der Waals surface area contributed by atoms with Gasteiger partial charge in [0.1, 0.15) is 12.7 Å². The number of nitrogens with one attached hydrogen (secondary N) is 1. The van der Waals surface area contributed by atoms with E-state index in [2.05, 4.69) is 15.5 Å². The Hall–Kier alpha value is -2.03. The van der Waals surface area contributed by atoms with E-state index in [4.69, 9.17) is 18.7 Å². The van der Waals surface area contributed by atoms with Crippen LogP contribution in [0.15, 0.2) is 28.8 Å². The van der Waals surface area contributed by atoms with Gasteiger partial charge in [-0.2, -0.15) is 4.98 Å². The van der Waals surface area contributed by atoms with Crippen LogP contribution in [0.4, 0.5) is 0 Å². The van der Waals surface area contributed by atoms with Crippen LogP contribution in [-0.2, 0) is 6.61 Å². The fourth-order valence-corrected chi connectivity index (χ4v) is 1.88. The van der Waals surface area contributed by atoms with Gasteiger partial charge < -0.3 is 29.2 Å². The first-order chi connectivity index (χ1) is 11.9. The quantitative estimate of drug-likeness (QED) is 0.675. The minimum absolute atomic E-state index is 0. The van der Waals surface area contributed by atoms with Crippen LogP contribution < -0.4 is 19.5 Å². The highest BCUT2D eigenvalue weighted by molar-refractivity contribution is 5.85. The Morgan fingerprint density at radius 2 is 1.85 bits per heavy atom. The van der Waals surface area contributed by atoms with Crippen LogP contribution >= 0.6 is 12.4 Å². The van der Waals surface area contributed by atoms with Crippen molar-refractivity contribution >= 4 is 12.4 Å². The van der Waals surface area contributed by atoms with Crippen LogP contribution in [0.5, 0.6) is 17.5 Å². The lowest BCUT2D eigenvalue weighted by atomic mass is 10.1. The SMILES string of the molecule is COc1noc(COc2ccccc2OC[C@@H](O)CNC(C)(C)C)n1.Cl. The summed E-state index contributed by atoms with van der Waals surface area (Å²) in [5.41, 5.74) is -0.0624. The molecule has 0 aliphatic carbocycles. The first kappa shape index (κ1) is 22.0. The number of para-hydroxylation sites is 2. The Labute approximate surface area is 159 Å². The number of ether oxygens (including phenoxy) is 3. The molecule has 0 aliphatic rings. The predicted molar refractivity (Wildman–Crippen MR) is 98.1 cm³/mol. The molecule has 2 aromatic rings. The van der Waals surface area contributed by atoms with E-state index in [0.29, 0.717) is 23.9 Å². The normalized spacial score (nSPS) is 12.2. The van der Waals surface area contributed by atoms with Gasteiger partial charge in [0.15, 0.2) is 18.1 Å². The third kappa shape index (κ3) is 7.47. The summed E-state index contributed by atoms with van der Waals surface area (Å²) in [7, 11) is 1.46. The van der Waals surface area contributed by atoms with Crippen molar-refractivity contribution in [3.63, 3.8) is 0 Å². The molecule has 0 spiro atoms. The van der Waals surface area contributed by atoms with Crippen molar-refractivity contribution in [1.29, 1.82) is 0 Å². The molecular formula is C17H26ClN3O5. The molecule has 8 nitrogen and oxygen atoms in total. The van der Waals surface area contributed by atoms with E-state index in [-0.39, 0.29) is 37.2 Å². The highest BCUT2D eigenvalue weighted by Crippen LogP contribution is 2.27. The van der Waals surface area contributed by atoms with E-state index in [9.17, 15) is 5.11 Å². The molecule has 1 heterocycles. The van der Waals surface area contributed by atoms with E-state index in [0.717, 1.165) is 0 Å². The maximum Gasteiger partial charge on any atom is 0.354 e. The molecule has 0 saturated carbocycles. The summed E-state index contributed by atoms with van der Waals surface area (Å²) in [6.07, 6.45) is -0.632. The van der Waals surface area contributed by atoms with Crippen molar-refractivity contribution in [2.24, 2.45) is 0 Å². The van der Waals surface area contributed by atoms with Gasteiger partial charge in [-0.15, -0.1) is 12.4 Å². The second kappa shape index (κ2) is 10.2. The van der Waals surface area contributed by atoms with E-state index >= 15 is 0 Å². The van der Waals surface area contributed by atoms with Gasteiger partial charge in [0.25, 0.3) is 5.89 Å². The molecule has 0 aliphatic heterocycles. The molecule has 146 valence electrons. The van der Waals surface area contributed by atoms with Gasteiger partial charge in [0, 0.05) is 12.1 Å². The molecule has 0 bridgehead atoms. The minimum Gasteiger partial charge on any atom is -0.487 e. The molecule has 1 atom stereocenters. The van der Waals surface area contributed by atoms with E-state index in [1.807, 2.05) is 32.9 Å². The summed E-state index contributed by atoms with van der Waals surface area (Å²) in [6.45, 7) is 6.79. The fraction of sp³-hybridized carbons (Fsp3) is 0.529. The van der Waals surface area contributed by atoms with Crippen molar-refractivity contribution in [3.8, 4) is 17.5 Å². The molecule has 2 rings (SSSR count). The van der Waals surface area contributed by atoms with Gasteiger partial charge >= 0.3 is 6.01 Å². The monoisotopic (exact) mass is 387 g/mol. The molecule has 0 saturated heterocycles. The zero-order valence-electron chi connectivity index (χ0n) is 15.4. The maximum absolute atomic E-state index is 10.0. The number of methoxy groups -OCH3 is 1. The lowest BCUT2D eigenvalue weighted by Crippen LogP contribution is -2.42. The van der Waals surface area contributed by atoms with Gasteiger partial charge in [-0.05, 0) is 38.1 Å². The number of aromatic nitrogens is 2. The molecule has 0 fully saturated rings. The molecule has 2 N–H and O–H groups in total. The van der Waals surface area contributed by atoms with Crippen molar-refractivity contribution in [3.05, 3.63) is 30.2 Å². The number of aliphatic hydroxyl groups is 1. The van der Waals surface area contributed by atoms with E-state index < -0.39 is 6.10 Å². The number of nitrogens with zero attached hydrogens (tertiary/aromatic N) is 2.